The summed E-state index contributed by atoms with van der Waals surface area (Å²) in [6.45, 7) is 6.50. The minimum Gasteiger partial charge on any atom is -0.229 e. The molecule has 0 aliphatic carbocycles. The second kappa shape index (κ2) is 3.46. The molecule has 1 rings (SSSR count). The van der Waals surface area contributed by atoms with E-state index in [4.69, 9.17) is 0 Å². The number of rotatable bonds is 3. The summed E-state index contributed by atoms with van der Waals surface area (Å²) in [7, 11) is 0. The summed E-state index contributed by atoms with van der Waals surface area (Å²) in [5, 5.41) is 11.1. The van der Waals surface area contributed by atoms with E-state index in [1.54, 1.807) is 6.33 Å². The van der Waals surface area contributed by atoms with Gasteiger partial charge in [-0.05, 0) is 22.8 Å². The van der Waals surface area contributed by atoms with Crippen molar-refractivity contribution in [3.8, 4) is 0 Å². The van der Waals surface area contributed by atoms with Crippen LogP contribution in [0.3, 0.4) is 0 Å². The van der Waals surface area contributed by atoms with Gasteiger partial charge >= 0.3 is 0 Å². The lowest BCUT2D eigenvalue weighted by atomic mass is 10.0. The van der Waals surface area contributed by atoms with Crippen LogP contribution >= 0.6 is 0 Å². The van der Waals surface area contributed by atoms with Crippen molar-refractivity contribution in [1.82, 2.24) is 20.2 Å². The second-order valence-corrected chi connectivity index (χ2v) is 3.01. The Labute approximate surface area is 66.6 Å². The number of tetrazole rings is 1. The smallest absolute Gasteiger partial charge is 0.138 e. The van der Waals surface area contributed by atoms with Gasteiger partial charge in [-0.3, -0.25) is 0 Å². The highest BCUT2D eigenvalue weighted by Gasteiger charge is 2.13. The molecule has 1 unspecified atom stereocenters. The van der Waals surface area contributed by atoms with Crippen LogP contribution in [0.4, 0.5) is 0 Å². The lowest BCUT2D eigenvalue weighted by Crippen LogP contribution is -2.14. The third-order valence-electron chi connectivity index (χ3n) is 1.89. The Morgan fingerprint density at radius 1 is 1.45 bits per heavy atom. The van der Waals surface area contributed by atoms with Gasteiger partial charge in [0.25, 0.3) is 0 Å². The van der Waals surface area contributed by atoms with Gasteiger partial charge < -0.3 is 0 Å². The van der Waals surface area contributed by atoms with E-state index in [1.165, 1.54) is 0 Å². The summed E-state index contributed by atoms with van der Waals surface area (Å²) >= 11 is 0. The quantitative estimate of drug-likeness (QED) is 0.658. The van der Waals surface area contributed by atoms with Gasteiger partial charge in [0.1, 0.15) is 6.33 Å². The lowest BCUT2D eigenvalue weighted by Gasteiger charge is -2.17. The second-order valence-electron chi connectivity index (χ2n) is 3.01. The van der Waals surface area contributed by atoms with Crippen LogP contribution in [0.15, 0.2) is 6.33 Å². The van der Waals surface area contributed by atoms with Crippen molar-refractivity contribution in [2.45, 2.75) is 33.2 Å². The van der Waals surface area contributed by atoms with Crippen molar-refractivity contribution in [2.75, 3.05) is 0 Å². The Morgan fingerprint density at radius 3 is 2.55 bits per heavy atom. The monoisotopic (exact) mass is 154 g/mol. The molecule has 4 nitrogen and oxygen atoms in total. The summed E-state index contributed by atoms with van der Waals surface area (Å²) in [6.07, 6.45) is 2.75. The van der Waals surface area contributed by atoms with E-state index in [-0.39, 0.29) is 0 Å². The molecule has 4 heteroatoms. The number of aromatic nitrogens is 4. The fourth-order valence-electron chi connectivity index (χ4n) is 1.28. The Balaban J connectivity index is 2.71. The largest absolute Gasteiger partial charge is 0.229 e. The van der Waals surface area contributed by atoms with Crippen LogP contribution in [-0.2, 0) is 0 Å². The summed E-state index contributed by atoms with van der Waals surface area (Å²) in [5.74, 6) is 0.587. The molecule has 0 aliphatic heterocycles. The van der Waals surface area contributed by atoms with Crippen molar-refractivity contribution in [3.63, 3.8) is 0 Å². The molecule has 1 aromatic rings. The van der Waals surface area contributed by atoms with Crippen LogP contribution in [0.5, 0.6) is 0 Å². The van der Waals surface area contributed by atoms with Gasteiger partial charge in [-0.2, -0.15) is 0 Å². The average Bonchev–Trinajstić information content (AvgIpc) is 2.40. The Kier molecular flexibility index (Phi) is 2.57. The maximum atomic E-state index is 3.86. The Hall–Kier alpha value is -0.930. The zero-order valence-electron chi connectivity index (χ0n) is 7.23. The molecular formula is C7H14N4. The first-order valence-corrected chi connectivity index (χ1v) is 3.98. The fourth-order valence-corrected chi connectivity index (χ4v) is 1.28. The van der Waals surface area contributed by atoms with Crippen molar-refractivity contribution >= 4 is 0 Å². The van der Waals surface area contributed by atoms with Gasteiger partial charge in [0.15, 0.2) is 0 Å². The predicted molar refractivity (Wildman–Crippen MR) is 42.0 cm³/mol. The molecule has 0 fully saturated rings. The van der Waals surface area contributed by atoms with Crippen molar-refractivity contribution in [3.05, 3.63) is 6.33 Å². The van der Waals surface area contributed by atoms with Gasteiger partial charge in [0, 0.05) is 0 Å². The van der Waals surface area contributed by atoms with Gasteiger partial charge in [-0.15, -0.1) is 5.10 Å². The Morgan fingerprint density at radius 2 is 2.18 bits per heavy atom. The molecule has 0 spiro atoms. The molecule has 0 radical (unpaired) electrons. The summed E-state index contributed by atoms with van der Waals surface area (Å²) in [4.78, 5) is 0. The highest BCUT2D eigenvalue weighted by atomic mass is 15.5. The number of nitrogens with zero attached hydrogens (tertiary/aromatic N) is 4. The SMILES string of the molecule is CCC(C(C)C)n1cnnn1. The van der Waals surface area contributed by atoms with E-state index in [2.05, 4.69) is 36.3 Å². The molecule has 0 saturated heterocycles. The zero-order valence-corrected chi connectivity index (χ0v) is 7.23. The molecule has 62 valence electrons. The van der Waals surface area contributed by atoms with E-state index in [9.17, 15) is 0 Å². The molecule has 1 heterocycles. The van der Waals surface area contributed by atoms with Crippen LogP contribution in [-0.4, -0.2) is 20.2 Å². The molecule has 0 aliphatic rings. The minimum atomic E-state index is 0.435. The average molecular weight is 154 g/mol. The van der Waals surface area contributed by atoms with Gasteiger partial charge in [0.05, 0.1) is 6.04 Å². The molecule has 0 bridgehead atoms. The molecule has 1 aromatic heterocycles. The summed E-state index contributed by atoms with van der Waals surface area (Å²) in [6, 6.07) is 0.435. The number of hydrogen-bond acceptors (Lipinski definition) is 3. The zero-order chi connectivity index (χ0) is 8.27. The van der Waals surface area contributed by atoms with Crippen LogP contribution in [0.25, 0.3) is 0 Å². The van der Waals surface area contributed by atoms with E-state index in [0.29, 0.717) is 12.0 Å². The van der Waals surface area contributed by atoms with Gasteiger partial charge in [-0.25, -0.2) is 4.68 Å². The maximum absolute atomic E-state index is 3.86. The first kappa shape index (κ1) is 8.17. The fraction of sp³-hybridized carbons (Fsp3) is 0.857. The van der Waals surface area contributed by atoms with Crippen molar-refractivity contribution < 1.29 is 0 Å². The molecule has 0 amide bonds. The number of hydrogen-bond donors (Lipinski definition) is 0. The third kappa shape index (κ3) is 1.76. The molecule has 11 heavy (non-hydrogen) atoms. The Bertz CT molecular complexity index is 192. The van der Waals surface area contributed by atoms with Crippen molar-refractivity contribution in [2.24, 2.45) is 5.92 Å². The highest BCUT2D eigenvalue weighted by molar-refractivity contribution is 4.66. The van der Waals surface area contributed by atoms with Crippen LogP contribution in [0.1, 0.15) is 33.2 Å². The van der Waals surface area contributed by atoms with E-state index >= 15 is 0 Å². The molecule has 0 aromatic carbocycles. The third-order valence-corrected chi connectivity index (χ3v) is 1.89. The normalized spacial score (nSPS) is 13.8. The van der Waals surface area contributed by atoms with Crippen molar-refractivity contribution in [1.29, 1.82) is 0 Å². The maximum Gasteiger partial charge on any atom is 0.138 e. The minimum absolute atomic E-state index is 0.435. The van der Waals surface area contributed by atoms with Gasteiger partial charge in [0.2, 0.25) is 0 Å². The lowest BCUT2D eigenvalue weighted by molar-refractivity contribution is 0.330. The van der Waals surface area contributed by atoms with E-state index < -0.39 is 0 Å². The molecule has 0 saturated carbocycles. The predicted octanol–water partition coefficient (Wildman–Crippen LogP) is 1.28. The molecule has 1 atom stereocenters. The molecule has 0 N–H and O–H groups in total. The summed E-state index contributed by atoms with van der Waals surface area (Å²) < 4.78 is 1.82. The first-order chi connectivity index (χ1) is 5.25. The van der Waals surface area contributed by atoms with E-state index in [1.807, 2.05) is 4.68 Å². The molecular weight excluding hydrogens is 140 g/mol. The first-order valence-electron chi connectivity index (χ1n) is 3.98. The van der Waals surface area contributed by atoms with E-state index in [0.717, 1.165) is 6.42 Å². The van der Waals surface area contributed by atoms with Gasteiger partial charge in [-0.1, -0.05) is 20.8 Å². The van der Waals surface area contributed by atoms with Crippen LogP contribution in [0, 0.1) is 5.92 Å². The van der Waals surface area contributed by atoms with Crippen LogP contribution < -0.4 is 0 Å². The topological polar surface area (TPSA) is 43.6 Å². The highest BCUT2D eigenvalue weighted by Crippen LogP contribution is 2.18. The standard InChI is InChI=1S/C7H14N4/c1-4-7(6(2)3)11-5-8-9-10-11/h5-7H,4H2,1-3H3. The summed E-state index contributed by atoms with van der Waals surface area (Å²) in [5.41, 5.74) is 0. The van der Waals surface area contributed by atoms with Crippen LogP contribution in [0.2, 0.25) is 0 Å².